The molecule has 0 N–H and O–H groups in total. The van der Waals surface area contributed by atoms with Crippen LogP contribution in [0.25, 0.3) is 22.0 Å². The summed E-state index contributed by atoms with van der Waals surface area (Å²) in [7, 11) is -3.69. The number of hydrogen-bond donors (Lipinski definition) is 0. The number of benzene rings is 3. The van der Waals surface area contributed by atoms with Crippen LogP contribution in [0.1, 0.15) is 46.5 Å². The fourth-order valence-corrected chi connectivity index (χ4v) is 6.64. The molecule has 2 heterocycles. The van der Waals surface area contributed by atoms with Gasteiger partial charge in [-0.25, -0.2) is 17.6 Å². The summed E-state index contributed by atoms with van der Waals surface area (Å²) >= 11 is 0. The van der Waals surface area contributed by atoms with E-state index >= 15 is 4.39 Å². The number of sulfonamides is 1. The Balaban J connectivity index is 1.57. The fourth-order valence-electron chi connectivity index (χ4n) is 5.24. The molecule has 3 aromatic carbocycles. The number of pyridine rings is 1. The SMILES string of the molecule is CCOC(=O)c1cn(CC)c2c(C)c(-c3ccc4c(c3)CN(S(=O)(=O)c3ccc(C)cc3)C4)c(F)cc2c1=O. The summed E-state index contributed by atoms with van der Waals surface area (Å²) in [5.41, 5.74) is 3.93. The number of esters is 1. The van der Waals surface area contributed by atoms with E-state index in [-0.39, 0.29) is 35.5 Å². The summed E-state index contributed by atoms with van der Waals surface area (Å²) in [6, 6.07) is 13.3. The van der Waals surface area contributed by atoms with Crippen molar-refractivity contribution >= 4 is 26.9 Å². The molecule has 39 heavy (non-hydrogen) atoms. The number of aromatic nitrogens is 1. The standard InChI is InChI=1S/C30H29FN2O5S/c1-5-32-17-25(30(35)38-6-2)29(34)24-14-26(31)27(19(4)28(24)32)20-9-10-21-15-33(16-22(21)13-20)39(36,37)23-11-7-18(3)8-12-23/h7-14,17H,5-6,15-16H2,1-4H3. The van der Waals surface area contributed by atoms with E-state index in [9.17, 15) is 18.0 Å². The van der Waals surface area contributed by atoms with E-state index in [1.54, 1.807) is 48.7 Å². The Morgan fingerprint density at radius 1 is 1.00 bits per heavy atom. The molecule has 0 bridgehead atoms. The molecule has 1 aliphatic heterocycles. The minimum absolute atomic E-state index is 0.109. The van der Waals surface area contributed by atoms with Crippen molar-refractivity contribution in [3.8, 4) is 11.1 Å². The second kappa shape index (κ2) is 10.1. The van der Waals surface area contributed by atoms with Gasteiger partial charge in [-0.2, -0.15) is 4.31 Å². The van der Waals surface area contributed by atoms with Crippen molar-refractivity contribution in [2.45, 2.75) is 52.2 Å². The molecular weight excluding hydrogens is 519 g/mol. The molecule has 0 atom stereocenters. The molecule has 0 spiro atoms. The zero-order valence-electron chi connectivity index (χ0n) is 22.2. The van der Waals surface area contributed by atoms with E-state index in [0.717, 1.165) is 16.7 Å². The lowest BCUT2D eigenvalue weighted by Gasteiger charge is -2.17. The molecule has 5 rings (SSSR count). The van der Waals surface area contributed by atoms with Crippen LogP contribution >= 0.6 is 0 Å². The zero-order chi connectivity index (χ0) is 28.1. The van der Waals surface area contributed by atoms with Gasteiger partial charge in [-0.05, 0) is 74.2 Å². The normalized spacial score (nSPS) is 13.6. The van der Waals surface area contributed by atoms with Crippen LogP contribution in [-0.2, 0) is 34.4 Å². The molecule has 0 unspecified atom stereocenters. The van der Waals surface area contributed by atoms with Gasteiger partial charge in [0.1, 0.15) is 11.4 Å². The Hall–Kier alpha value is -3.82. The summed E-state index contributed by atoms with van der Waals surface area (Å²) in [5.74, 6) is -1.33. The third-order valence-corrected chi connectivity index (χ3v) is 9.05. The van der Waals surface area contributed by atoms with Gasteiger partial charge >= 0.3 is 5.97 Å². The van der Waals surface area contributed by atoms with E-state index in [0.29, 0.717) is 28.8 Å². The number of hydrogen-bond acceptors (Lipinski definition) is 5. The molecule has 9 heteroatoms. The van der Waals surface area contributed by atoms with E-state index in [2.05, 4.69) is 0 Å². The van der Waals surface area contributed by atoms with Crippen LogP contribution in [-0.4, -0.2) is 29.9 Å². The number of fused-ring (bicyclic) bond motifs is 2. The van der Waals surface area contributed by atoms with E-state index < -0.39 is 27.2 Å². The van der Waals surface area contributed by atoms with Crippen molar-refractivity contribution < 1.29 is 22.3 Å². The van der Waals surface area contributed by atoms with Crippen LogP contribution in [0.15, 0.2) is 64.4 Å². The Kier molecular flexibility index (Phi) is 6.90. The third kappa shape index (κ3) is 4.55. The number of carbonyl (C=O) groups excluding carboxylic acids is 1. The minimum atomic E-state index is -3.69. The summed E-state index contributed by atoms with van der Waals surface area (Å²) in [6.07, 6.45) is 1.47. The largest absolute Gasteiger partial charge is 0.462 e. The molecule has 0 saturated carbocycles. The Morgan fingerprint density at radius 2 is 1.69 bits per heavy atom. The Morgan fingerprint density at radius 3 is 2.36 bits per heavy atom. The van der Waals surface area contributed by atoms with Gasteiger partial charge in [0.2, 0.25) is 15.5 Å². The fraction of sp³-hybridized carbons (Fsp3) is 0.267. The van der Waals surface area contributed by atoms with Crippen LogP contribution in [0.4, 0.5) is 4.39 Å². The Bertz CT molecular complexity index is 1790. The molecule has 202 valence electrons. The van der Waals surface area contributed by atoms with Gasteiger partial charge in [0.15, 0.2) is 0 Å². The number of aryl methyl sites for hydroxylation is 3. The van der Waals surface area contributed by atoms with Gasteiger partial charge < -0.3 is 9.30 Å². The van der Waals surface area contributed by atoms with Crippen molar-refractivity contribution in [1.82, 2.24) is 8.87 Å². The molecule has 4 aromatic rings. The molecule has 0 saturated heterocycles. The Labute approximate surface area is 226 Å². The first kappa shape index (κ1) is 26.8. The molecule has 7 nitrogen and oxygen atoms in total. The highest BCUT2D eigenvalue weighted by atomic mass is 32.2. The molecule has 1 aliphatic rings. The smallest absolute Gasteiger partial charge is 0.343 e. The number of carbonyl (C=O) groups is 1. The van der Waals surface area contributed by atoms with E-state index in [1.807, 2.05) is 26.0 Å². The van der Waals surface area contributed by atoms with Crippen molar-refractivity contribution in [3.63, 3.8) is 0 Å². The lowest BCUT2D eigenvalue weighted by molar-refractivity contribution is 0.0524. The highest BCUT2D eigenvalue weighted by Crippen LogP contribution is 2.36. The van der Waals surface area contributed by atoms with Crippen LogP contribution in [0.2, 0.25) is 0 Å². The van der Waals surface area contributed by atoms with Crippen molar-refractivity contribution in [1.29, 1.82) is 0 Å². The van der Waals surface area contributed by atoms with Gasteiger partial charge in [-0.3, -0.25) is 4.79 Å². The predicted octanol–water partition coefficient (Wildman–Crippen LogP) is 5.33. The summed E-state index contributed by atoms with van der Waals surface area (Å²) < 4.78 is 50.3. The molecule has 0 amide bonds. The molecule has 0 fully saturated rings. The minimum Gasteiger partial charge on any atom is -0.462 e. The van der Waals surface area contributed by atoms with Gasteiger partial charge in [0.25, 0.3) is 0 Å². The first-order chi connectivity index (χ1) is 18.6. The lowest BCUT2D eigenvalue weighted by Crippen LogP contribution is -2.25. The zero-order valence-corrected chi connectivity index (χ0v) is 23.1. The summed E-state index contributed by atoms with van der Waals surface area (Å²) in [4.78, 5) is 25.7. The topological polar surface area (TPSA) is 85.7 Å². The second-order valence-corrected chi connectivity index (χ2v) is 11.6. The first-order valence-corrected chi connectivity index (χ1v) is 14.2. The van der Waals surface area contributed by atoms with Gasteiger partial charge in [-0.1, -0.05) is 29.8 Å². The number of ether oxygens (including phenoxy) is 1. The van der Waals surface area contributed by atoms with Crippen LogP contribution in [0, 0.1) is 19.7 Å². The average molecular weight is 549 g/mol. The highest BCUT2D eigenvalue weighted by molar-refractivity contribution is 7.89. The number of nitrogens with zero attached hydrogens (tertiary/aromatic N) is 2. The van der Waals surface area contributed by atoms with Crippen molar-refractivity contribution in [2.24, 2.45) is 0 Å². The van der Waals surface area contributed by atoms with Gasteiger partial charge in [-0.15, -0.1) is 0 Å². The number of rotatable bonds is 6. The van der Waals surface area contributed by atoms with Gasteiger partial charge in [0, 0.05) is 36.8 Å². The maximum Gasteiger partial charge on any atom is 0.343 e. The molecular formula is C30H29FN2O5S. The van der Waals surface area contributed by atoms with E-state index in [4.69, 9.17) is 4.74 Å². The summed E-state index contributed by atoms with van der Waals surface area (Å²) in [6.45, 7) is 8.16. The van der Waals surface area contributed by atoms with Crippen LogP contribution in [0.3, 0.4) is 0 Å². The first-order valence-electron chi connectivity index (χ1n) is 12.8. The van der Waals surface area contributed by atoms with Crippen LogP contribution < -0.4 is 5.43 Å². The quantitative estimate of drug-likeness (QED) is 0.304. The second-order valence-electron chi connectivity index (χ2n) is 9.70. The molecule has 0 aliphatic carbocycles. The van der Waals surface area contributed by atoms with Gasteiger partial charge in [0.05, 0.1) is 17.0 Å². The van der Waals surface area contributed by atoms with Crippen molar-refractivity contribution in [2.75, 3.05) is 6.61 Å². The third-order valence-electron chi connectivity index (χ3n) is 7.24. The maximum absolute atomic E-state index is 15.7. The van der Waals surface area contributed by atoms with Crippen molar-refractivity contribution in [3.05, 3.63) is 98.6 Å². The number of halogens is 1. The van der Waals surface area contributed by atoms with Crippen LogP contribution in [0.5, 0.6) is 0 Å². The van der Waals surface area contributed by atoms with E-state index in [1.165, 1.54) is 16.6 Å². The predicted molar refractivity (Wildman–Crippen MR) is 148 cm³/mol. The molecule has 0 radical (unpaired) electrons. The molecule has 1 aromatic heterocycles. The average Bonchev–Trinajstić information content (AvgIpc) is 3.34. The summed E-state index contributed by atoms with van der Waals surface area (Å²) in [5, 5.41) is 0.109. The highest BCUT2D eigenvalue weighted by Gasteiger charge is 2.31. The maximum atomic E-state index is 15.7. The monoisotopic (exact) mass is 548 g/mol. The lowest BCUT2D eigenvalue weighted by atomic mass is 9.94.